The van der Waals surface area contributed by atoms with E-state index in [1.807, 2.05) is 24.3 Å². The van der Waals surface area contributed by atoms with Gasteiger partial charge in [-0.05, 0) is 34.8 Å². The van der Waals surface area contributed by atoms with Gasteiger partial charge in [-0.15, -0.1) is 0 Å². The van der Waals surface area contributed by atoms with Gasteiger partial charge in [0, 0.05) is 5.41 Å². The van der Waals surface area contributed by atoms with E-state index in [0.717, 1.165) is 11.1 Å². The normalized spacial score (nSPS) is 19.2. The number of allylic oxidation sites excluding steroid dienone is 10. The van der Waals surface area contributed by atoms with Crippen LogP contribution in [0.2, 0.25) is 0 Å². The molecule has 1 unspecified atom stereocenters. The summed E-state index contributed by atoms with van der Waals surface area (Å²) in [5.74, 6) is 0. The molecule has 0 heteroatoms. The summed E-state index contributed by atoms with van der Waals surface area (Å²) < 4.78 is 0. The molecule has 0 amide bonds. The van der Waals surface area contributed by atoms with Crippen LogP contribution in [0.1, 0.15) is 25.5 Å². The average molecular weight is 353 g/mol. The van der Waals surface area contributed by atoms with E-state index in [0.29, 0.717) is 0 Å². The van der Waals surface area contributed by atoms with Crippen molar-refractivity contribution in [3.63, 3.8) is 0 Å². The van der Waals surface area contributed by atoms with E-state index in [1.54, 1.807) is 0 Å². The number of benzene rings is 2. The van der Waals surface area contributed by atoms with E-state index in [1.165, 1.54) is 16.7 Å². The summed E-state index contributed by atoms with van der Waals surface area (Å²) in [6.07, 6.45) is 14.7. The van der Waals surface area contributed by atoms with Crippen LogP contribution in [0, 0.1) is 0 Å². The van der Waals surface area contributed by atoms with E-state index >= 15 is 0 Å². The van der Waals surface area contributed by atoms with Gasteiger partial charge in [-0.25, -0.2) is 0 Å². The van der Waals surface area contributed by atoms with Crippen molar-refractivity contribution in [2.24, 2.45) is 0 Å². The Hall–Kier alpha value is -3.12. The molecule has 136 valence electrons. The Morgan fingerprint density at radius 3 is 2.07 bits per heavy atom. The molecule has 0 bridgehead atoms. The van der Waals surface area contributed by atoms with Gasteiger partial charge in [-0.3, -0.25) is 0 Å². The fourth-order valence-electron chi connectivity index (χ4n) is 3.33. The minimum absolute atomic E-state index is 0. The monoisotopic (exact) mass is 352 g/mol. The highest BCUT2D eigenvalue weighted by Crippen LogP contribution is 2.36. The molecule has 0 aliphatic heterocycles. The van der Waals surface area contributed by atoms with Crippen LogP contribution >= 0.6 is 0 Å². The third-order valence-electron chi connectivity index (χ3n) is 4.71. The smallest absolute Gasteiger partial charge is 0.0301 e. The van der Waals surface area contributed by atoms with Crippen molar-refractivity contribution in [2.45, 2.75) is 19.8 Å². The van der Waals surface area contributed by atoms with Gasteiger partial charge in [0.2, 0.25) is 0 Å². The zero-order valence-corrected chi connectivity index (χ0v) is 15.2. The Labute approximate surface area is 164 Å². The van der Waals surface area contributed by atoms with E-state index in [4.69, 9.17) is 0 Å². The lowest BCUT2D eigenvalue weighted by molar-refractivity contribution is 0.757. The molecule has 0 N–H and O–H groups in total. The van der Waals surface area contributed by atoms with E-state index in [-0.39, 0.29) is 12.8 Å². The highest BCUT2D eigenvalue weighted by molar-refractivity contribution is 5.78. The van der Waals surface area contributed by atoms with Gasteiger partial charge in [0.25, 0.3) is 0 Å². The van der Waals surface area contributed by atoms with Gasteiger partial charge in [-0.2, -0.15) is 0 Å². The largest absolute Gasteiger partial charge is 0.0990 e. The van der Waals surface area contributed by atoms with Crippen molar-refractivity contribution < 1.29 is 0 Å². The zero-order valence-electron chi connectivity index (χ0n) is 15.2. The van der Waals surface area contributed by atoms with Crippen LogP contribution in [0.5, 0.6) is 0 Å². The molecule has 0 nitrogen and oxygen atoms in total. The maximum absolute atomic E-state index is 3.98. The molecule has 1 atom stereocenters. The SMILES string of the molecule is C.C=C/C=C(\C=C)C1=CC(C)(c2ccccc2)C=C(c2ccccc2)C=C1. The first-order chi connectivity index (χ1) is 12.7. The molecule has 0 spiro atoms. The number of rotatable bonds is 5. The van der Waals surface area contributed by atoms with E-state index < -0.39 is 0 Å². The Balaban J connectivity index is 0.00000261. The zero-order chi connectivity index (χ0) is 18.4. The lowest BCUT2D eigenvalue weighted by atomic mass is 9.79. The Morgan fingerprint density at radius 2 is 1.48 bits per heavy atom. The minimum atomic E-state index is -0.228. The van der Waals surface area contributed by atoms with Crippen molar-refractivity contribution in [1.82, 2.24) is 0 Å². The van der Waals surface area contributed by atoms with Gasteiger partial charge >= 0.3 is 0 Å². The summed E-state index contributed by atoms with van der Waals surface area (Å²) >= 11 is 0. The first-order valence-electron chi connectivity index (χ1n) is 8.86. The minimum Gasteiger partial charge on any atom is -0.0990 e. The molecule has 27 heavy (non-hydrogen) atoms. The third-order valence-corrected chi connectivity index (χ3v) is 4.71. The molecular formula is C27H28. The Bertz CT molecular complexity index is 905. The van der Waals surface area contributed by atoms with Gasteiger partial charge in [0.15, 0.2) is 0 Å². The average Bonchev–Trinajstić information content (AvgIpc) is 2.87. The molecule has 3 rings (SSSR count). The van der Waals surface area contributed by atoms with Gasteiger partial charge in [-0.1, -0.05) is 124 Å². The first-order valence-corrected chi connectivity index (χ1v) is 8.86. The highest BCUT2D eigenvalue weighted by atomic mass is 14.3. The van der Waals surface area contributed by atoms with Crippen LogP contribution in [-0.4, -0.2) is 0 Å². The molecule has 0 saturated heterocycles. The summed E-state index contributed by atoms with van der Waals surface area (Å²) in [5.41, 5.74) is 5.68. The van der Waals surface area contributed by atoms with Crippen molar-refractivity contribution in [3.05, 3.63) is 139 Å². The van der Waals surface area contributed by atoms with Gasteiger partial charge < -0.3 is 0 Å². The first kappa shape index (κ1) is 20.2. The van der Waals surface area contributed by atoms with Crippen molar-refractivity contribution in [2.75, 3.05) is 0 Å². The highest BCUT2D eigenvalue weighted by Gasteiger charge is 2.24. The molecule has 2 aromatic rings. The number of hydrogen-bond acceptors (Lipinski definition) is 0. The van der Waals surface area contributed by atoms with E-state index in [2.05, 4.69) is 99.0 Å². The fraction of sp³-hybridized carbons (Fsp3) is 0.111. The van der Waals surface area contributed by atoms with Crippen LogP contribution in [0.3, 0.4) is 0 Å². The topological polar surface area (TPSA) is 0 Å². The molecule has 0 aromatic heterocycles. The molecule has 2 aromatic carbocycles. The molecule has 1 aliphatic rings. The summed E-state index contributed by atoms with van der Waals surface area (Å²) in [6.45, 7) is 10.1. The Kier molecular flexibility index (Phi) is 6.73. The predicted octanol–water partition coefficient (Wildman–Crippen LogP) is 7.46. The van der Waals surface area contributed by atoms with Crippen LogP contribution in [-0.2, 0) is 5.41 Å². The van der Waals surface area contributed by atoms with Crippen LogP contribution in [0.15, 0.2) is 127 Å². The maximum atomic E-state index is 3.98. The standard InChI is InChI=1S/C26H24.CH4/c1-4-12-21(5-2)23-17-18-24(22-13-8-6-9-14-22)20-26(3,19-23)25-15-10-7-11-16-25;/h4-20H,1-2H2,3H3;1H4/b21-12+;. The van der Waals surface area contributed by atoms with Crippen LogP contribution in [0.25, 0.3) is 5.57 Å². The molecule has 1 aliphatic carbocycles. The van der Waals surface area contributed by atoms with Crippen LogP contribution < -0.4 is 0 Å². The molecule has 0 heterocycles. The van der Waals surface area contributed by atoms with Crippen molar-refractivity contribution in [1.29, 1.82) is 0 Å². The predicted molar refractivity (Wildman–Crippen MR) is 121 cm³/mol. The fourth-order valence-corrected chi connectivity index (χ4v) is 3.33. The van der Waals surface area contributed by atoms with Crippen molar-refractivity contribution in [3.8, 4) is 0 Å². The summed E-state index contributed by atoms with van der Waals surface area (Å²) in [5, 5.41) is 0. The maximum Gasteiger partial charge on any atom is 0.0301 e. The van der Waals surface area contributed by atoms with Gasteiger partial charge in [0.1, 0.15) is 0 Å². The van der Waals surface area contributed by atoms with Gasteiger partial charge in [0.05, 0.1) is 0 Å². The number of hydrogen-bond donors (Lipinski definition) is 0. The molecule has 0 saturated carbocycles. The van der Waals surface area contributed by atoms with E-state index in [9.17, 15) is 0 Å². The van der Waals surface area contributed by atoms with Crippen LogP contribution in [0.4, 0.5) is 0 Å². The third kappa shape index (κ3) is 4.54. The Morgan fingerprint density at radius 1 is 0.852 bits per heavy atom. The molecular weight excluding hydrogens is 324 g/mol. The second-order valence-corrected chi connectivity index (χ2v) is 6.61. The second kappa shape index (κ2) is 9.00. The lowest BCUT2D eigenvalue weighted by Gasteiger charge is -2.24. The molecule has 0 radical (unpaired) electrons. The summed E-state index contributed by atoms with van der Waals surface area (Å²) in [4.78, 5) is 0. The summed E-state index contributed by atoms with van der Waals surface area (Å²) in [6, 6.07) is 21.1. The molecule has 0 fully saturated rings. The van der Waals surface area contributed by atoms with Crippen molar-refractivity contribution >= 4 is 5.57 Å². The summed E-state index contributed by atoms with van der Waals surface area (Å²) in [7, 11) is 0. The second-order valence-electron chi connectivity index (χ2n) is 6.61. The lowest BCUT2D eigenvalue weighted by Crippen LogP contribution is -2.16. The quantitative estimate of drug-likeness (QED) is 0.490.